The average molecular weight is 567 g/mol. The molecule has 2 aromatic rings. The molecule has 0 unspecified atom stereocenters. The third kappa shape index (κ3) is 6.95. The summed E-state index contributed by atoms with van der Waals surface area (Å²) in [5.41, 5.74) is 1.29. The fourth-order valence-electron chi connectivity index (χ4n) is 4.54. The molecule has 0 amide bonds. The number of halogens is 7. The van der Waals surface area contributed by atoms with Crippen molar-refractivity contribution in [1.29, 1.82) is 0 Å². The first-order valence-corrected chi connectivity index (χ1v) is 12.5. The molecule has 202 valence electrons. The van der Waals surface area contributed by atoms with Crippen LogP contribution in [0.25, 0.3) is 11.1 Å². The summed E-state index contributed by atoms with van der Waals surface area (Å²) in [6.07, 6.45) is -5.92. The monoisotopic (exact) mass is 566 g/mol. The second kappa shape index (κ2) is 11.9. The molecule has 4 rings (SSSR count). The molecule has 0 spiro atoms. The number of hydrogen-bond acceptors (Lipinski definition) is 4. The summed E-state index contributed by atoms with van der Waals surface area (Å²) in [7, 11) is 0. The maximum atomic E-state index is 15.1. The topological polar surface area (TPSA) is 36.9 Å². The van der Waals surface area contributed by atoms with Crippen LogP contribution in [-0.2, 0) is 14.2 Å². The molecule has 0 atom stereocenters. The lowest BCUT2D eigenvalue weighted by Gasteiger charge is -2.36. The first-order chi connectivity index (χ1) is 17.5. The van der Waals surface area contributed by atoms with Crippen LogP contribution in [-0.4, -0.2) is 31.7 Å². The highest BCUT2D eigenvalue weighted by Crippen LogP contribution is 2.41. The van der Waals surface area contributed by atoms with E-state index in [0.717, 1.165) is 5.56 Å². The van der Waals surface area contributed by atoms with Gasteiger partial charge in [0.1, 0.15) is 5.82 Å². The fourth-order valence-corrected chi connectivity index (χ4v) is 5.11. The minimum atomic E-state index is -3.55. The highest BCUT2D eigenvalue weighted by Gasteiger charge is 2.47. The van der Waals surface area contributed by atoms with Gasteiger partial charge in [-0.25, -0.2) is 4.39 Å². The van der Waals surface area contributed by atoms with E-state index in [4.69, 9.17) is 42.1 Å². The molecule has 2 aliphatic rings. The van der Waals surface area contributed by atoms with E-state index in [1.165, 1.54) is 18.2 Å². The van der Waals surface area contributed by atoms with Crippen molar-refractivity contribution in [2.45, 2.75) is 57.0 Å². The Hall–Kier alpha value is -1.91. The average Bonchev–Trinajstić information content (AvgIpc) is 2.83. The molecule has 1 aliphatic carbocycles. The van der Waals surface area contributed by atoms with Gasteiger partial charge in [-0.15, -0.1) is 0 Å². The van der Waals surface area contributed by atoms with Crippen molar-refractivity contribution >= 4 is 23.2 Å². The van der Waals surface area contributed by atoms with Gasteiger partial charge < -0.3 is 18.9 Å². The largest absolute Gasteiger partial charge is 0.456 e. The third-order valence-corrected chi connectivity index (χ3v) is 6.94. The maximum Gasteiger partial charge on any atom is 0.406 e. The van der Waals surface area contributed by atoms with Crippen LogP contribution in [0.1, 0.15) is 44.1 Å². The standard InChI is InChI=1S/C26H25Cl2F5O4/c1-14-11-35-25(36-12-14)26(32,33)37-18-5-2-15(3-6-18)16-4-7-19(22(29)10-16)17-8-20(27)24(21(28)9-17)34-13-23(30)31/h4,7-10,13-15,18,25H,2-3,5-6,11-12H2,1H3. The Labute approximate surface area is 221 Å². The van der Waals surface area contributed by atoms with Crippen molar-refractivity contribution in [3.63, 3.8) is 0 Å². The lowest BCUT2D eigenvalue weighted by molar-refractivity contribution is -0.389. The number of benzene rings is 2. The van der Waals surface area contributed by atoms with Gasteiger partial charge in [0, 0.05) is 11.5 Å². The Kier molecular flexibility index (Phi) is 9.01. The van der Waals surface area contributed by atoms with Gasteiger partial charge in [0.25, 0.3) is 6.29 Å². The van der Waals surface area contributed by atoms with Crippen LogP contribution in [0.4, 0.5) is 22.0 Å². The maximum absolute atomic E-state index is 15.1. The van der Waals surface area contributed by atoms with Gasteiger partial charge in [0.2, 0.25) is 0 Å². The molecule has 0 aromatic heterocycles. The molecule has 1 aliphatic heterocycles. The van der Waals surface area contributed by atoms with Crippen molar-refractivity contribution in [3.8, 4) is 16.9 Å². The molecule has 11 heteroatoms. The van der Waals surface area contributed by atoms with E-state index in [0.29, 0.717) is 31.2 Å². The van der Waals surface area contributed by atoms with Gasteiger partial charge in [-0.05, 0) is 60.9 Å². The first kappa shape index (κ1) is 28.1. The molecule has 1 saturated heterocycles. The SMILES string of the molecule is CC1COC(C(F)(F)OC2CCC(c3ccc(-c4cc(Cl)c(OC=C(F)F)c(Cl)c4)c(F)c3)CC2)OC1. The smallest absolute Gasteiger partial charge is 0.406 e. The van der Waals surface area contributed by atoms with Crippen LogP contribution in [0.2, 0.25) is 10.0 Å². The predicted molar refractivity (Wildman–Crippen MR) is 129 cm³/mol. The molecular weight excluding hydrogens is 542 g/mol. The summed E-state index contributed by atoms with van der Waals surface area (Å²) in [4.78, 5) is 0. The van der Waals surface area contributed by atoms with Crippen molar-refractivity contribution in [1.82, 2.24) is 0 Å². The second-order valence-electron chi connectivity index (χ2n) is 9.29. The Morgan fingerprint density at radius 2 is 1.62 bits per heavy atom. The zero-order chi connectivity index (χ0) is 26.7. The van der Waals surface area contributed by atoms with E-state index in [-0.39, 0.29) is 52.7 Å². The van der Waals surface area contributed by atoms with Gasteiger partial charge in [-0.3, -0.25) is 0 Å². The van der Waals surface area contributed by atoms with E-state index >= 15 is 4.39 Å². The van der Waals surface area contributed by atoms with E-state index < -0.39 is 30.4 Å². The summed E-state index contributed by atoms with van der Waals surface area (Å²) >= 11 is 12.2. The van der Waals surface area contributed by atoms with Crippen LogP contribution in [0.15, 0.2) is 42.7 Å². The molecule has 2 fully saturated rings. The lowest BCUT2D eigenvalue weighted by atomic mass is 9.82. The van der Waals surface area contributed by atoms with Crippen molar-refractivity contribution in [2.75, 3.05) is 13.2 Å². The fraction of sp³-hybridized carbons (Fsp3) is 0.462. The van der Waals surface area contributed by atoms with E-state index in [9.17, 15) is 17.6 Å². The number of ether oxygens (including phenoxy) is 4. The molecule has 0 radical (unpaired) electrons. The molecule has 2 aromatic carbocycles. The van der Waals surface area contributed by atoms with Crippen LogP contribution in [0.3, 0.4) is 0 Å². The van der Waals surface area contributed by atoms with Gasteiger partial charge in [-0.2, -0.15) is 17.6 Å². The summed E-state index contributed by atoms with van der Waals surface area (Å²) in [5.74, 6) is -0.672. The highest BCUT2D eigenvalue weighted by atomic mass is 35.5. The zero-order valence-corrected chi connectivity index (χ0v) is 21.3. The summed E-state index contributed by atoms with van der Waals surface area (Å²) in [6, 6.07) is 7.47. The van der Waals surface area contributed by atoms with E-state index in [1.807, 2.05) is 6.92 Å². The minimum absolute atomic E-state index is 0.0228. The number of rotatable bonds is 7. The Balaban J connectivity index is 1.39. The van der Waals surface area contributed by atoms with Gasteiger partial charge in [0.05, 0.1) is 29.4 Å². The van der Waals surface area contributed by atoms with Gasteiger partial charge in [-0.1, -0.05) is 42.3 Å². The van der Waals surface area contributed by atoms with Crippen LogP contribution in [0.5, 0.6) is 5.75 Å². The van der Waals surface area contributed by atoms with Crippen LogP contribution < -0.4 is 4.74 Å². The molecule has 1 saturated carbocycles. The quantitative estimate of drug-likeness (QED) is 0.248. The van der Waals surface area contributed by atoms with Gasteiger partial charge >= 0.3 is 12.2 Å². The second-order valence-corrected chi connectivity index (χ2v) is 10.1. The highest BCUT2D eigenvalue weighted by molar-refractivity contribution is 6.37. The van der Waals surface area contributed by atoms with Gasteiger partial charge in [0.15, 0.2) is 12.0 Å². The lowest BCUT2D eigenvalue weighted by Crippen LogP contribution is -2.47. The molecule has 37 heavy (non-hydrogen) atoms. The molecule has 1 heterocycles. The normalized spacial score (nSPS) is 24.5. The molecule has 0 bridgehead atoms. The first-order valence-electron chi connectivity index (χ1n) is 11.8. The number of hydrogen-bond donors (Lipinski definition) is 0. The Morgan fingerprint density at radius 3 is 2.19 bits per heavy atom. The Bertz CT molecular complexity index is 1100. The molecule has 4 nitrogen and oxygen atoms in total. The summed E-state index contributed by atoms with van der Waals surface area (Å²) in [6.45, 7) is 2.22. The number of alkyl halides is 2. The Morgan fingerprint density at radius 1 is 1.00 bits per heavy atom. The van der Waals surface area contributed by atoms with E-state index in [1.54, 1.807) is 12.1 Å². The van der Waals surface area contributed by atoms with Crippen LogP contribution in [0, 0.1) is 11.7 Å². The third-order valence-electron chi connectivity index (χ3n) is 6.38. The summed E-state index contributed by atoms with van der Waals surface area (Å²) < 4.78 is 88.7. The van der Waals surface area contributed by atoms with Crippen LogP contribution >= 0.6 is 23.2 Å². The van der Waals surface area contributed by atoms with Crippen molar-refractivity contribution in [3.05, 3.63) is 64.1 Å². The molecular formula is C26H25Cl2F5O4. The van der Waals surface area contributed by atoms with E-state index in [2.05, 4.69) is 0 Å². The summed E-state index contributed by atoms with van der Waals surface area (Å²) in [5, 5.41) is -0.116. The predicted octanol–water partition coefficient (Wildman–Crippen LogP) is 8.56. The minimum Gasteiger partial charge on any atom is -0.456 e. The zero-order valence-electron chi connectivity index (χ0n) is 19.8. The van der Waals surface area contributed by atoms with Crippen molar-refractivity contribution < 1.29 is 40.9 Å². The van der Waals surface area contributed by atoms with Crippen molar-refractivity contribution in [2.24, 2.45) is 5.92 Å². The molecule has 0 N–H and O–H groups in total.